The van der Waals surface area contributed by atoms with E-state index in [1.165, 1.54) is 19.4 Å². The number of halogens is 2. The van der Waals surface area contributed by atoms with E-state index in [4.69, 9.17) is 0 Å². The molecule has 0 spiro atoms. The Hall–Kier alpha value is -1.86. The highest BCUT2D eigenvalue weighted by molar-refractivity contribution is 7.89. The molecule has 0 aliphatic rings. The largest absolute Gasteiger partial charge is 0.265 e. The highest BCUT2D eigenvalue weighted by Gasteiger charge is 2.25. The summed E-state index contributed by atoms with van der Waals surface area (Å²) in [5.41, 5.74) is 0.697. The van der Waals surface area contributed by atoms with Gasteiger partial charge in [0.2, 0.25) is 10.0 Å². The smallest absolute Gasteiger partial charge is 0.246 e. The van der Waals surface area contributed by atoms with Crippen LogP contribution in [0.2, 0.25) is 0 Å². The molecule has 0 radical (unpaired) electrons. The standard InChI is InChI=1S/C13H12F2N2O2S/c1-17(9-10-4-6-16-7-5-10)20(18,19)13-8-11(14)2-3-12(13)15/h2-8H,9H2,1H3. The lowest BCUT2D eigenvalue weighted by atomic mass is 10.3. The molecule has 0 atom stereocenters. The third-order valence-corrected chi connectivity index (χ3v) is 4.55. The lowest BCUT2D eigenvalue weighted by Gasteiger charge is -2.17. The lowest BCUT2D eigenvalue weighted by molar-refractivity contribution is 0.458. The lowest BCUT2D eigenvalue weighted by Crippen LogP contribution is -2.27. The Kier molecular flexibility index (Phi) is 4.10. The first-order chi connectivity index (χ1) is 9.41. The van der Waals surface area contributed by atoms with Gasteiger partial charge in [-0.2, -0.15) is 4.31 Å². The van der Waals surface area contributed by atoms with Crippen LogP contribution >= 0.6 is 0 Å². The molecule has 2 aromatic rings. The van der Waals surface area contributed by atoms with Crippen molar-refractivity contribution >= 4 is 10.0 Å². The minimum absolute atomic E-state index is 0.0425. The van der Waals surface area contributed by atoms with Crippen molar-refractivity contribution in [2.75, 3.05) is 7.05 Å². The van der Waals surface area contributed by atoms with E-state index in [2.05, 4.69) is 4.98 Å². The Morgan fingerprint density at radius 3 is 2.45 bits per heavy atom. The van der Waals surface area contributed by atoms with Crippen LogP contribution in [0.25, 0.3) is 0 Å². The molecule has 0 aliphatic carbocycles. The maximum absolute atomic E-state index is 13.6. The SMILES string of the molecule is CN(Cc1ccncc1)S(=O)(=O)c1cc(F)ccc1F. The minimum atomic E-state index is -4.09. The fourth-order valence-electron chi connectivity index (χ4n) is 1.67. The summed E-state index contributed by atoms with van der Waals surface area (Å²) in [6.07, 6.45) is 3.05. The molecule has 0 fully saturated rings. The first-order valence-corrected chi connectivity index (χ1v) is 7.15. The molecule has 7 heteroatoms. The summed E-state index contributed by atoms with van der Waals surface area (Å²) in [5, 5.41) is 0. The Morgan fingerprint density at radius 1 is 1.15 bits per heavy atom. The van der Waals surface area contributed by atoms with Crippen LogP contribution in [0.1, 0.15) is 5.56 Å². The molecule has 0 saturated heterocycles. The van der Waals surface area contributed by atoms with Crippen LogP contribution in [0, 0.1) is 11.6 Å². The summed E-state index contributed by atoms with van der Waals surface area (Å²) in [6, 6.07) is 5.63. The van der Waals surface area contributed by atoms with E-state index in [1.54, 1.807) is 12.1 Å². The van der Waals surface area contributed by atoms with E-state index in [-0.39, 0.29) is 6.54 Å². The van der Waals surface area contributed by atoms with Gasteiger partial charge < -0.3 is 0 Å². The van der Waals surface area contributed by atoms with Gasteiger partial charge in [-0.15, -0.1) is 0 Å². The van der Waals surface area contributed by atoms with Crippen molar-refractivity contribution in [3.8, 4) is 0 Å². The van der Waals surface area contributed by atoms with Crippen molar-refractivity contribution in [3.05, 3.63) is 59.9 Å². The van der Waals surface area contributed by atoms with Gasteiger partial charge >= 0.3 is 0 Å². The maximum atomic E-state index is 13.6. The number of pyridine rings is 1. The van der Waals surface area contributed by atoms with Crippen LogP contribution in [0.3, 0.4) is 0 Å². The van der Waals surface area contributed by atoms with Gasteiger partial charge in [-0.25, -0.2) is 17.2 Å². The minimum Gasteiger partial charge on any atom is -0.265 e. The number of nitrogens with zero attached hydrogens (tertiary/aromatic N) is 2. The van der Waals surface area contributed by atoms with Gasteiger partial charge in [-0.3, -0.25) is 4.98 Å². The molecule has 1 heterocycles. The summed E-state index contributed by atoms with van der Waals surface area (Å²) < 4.78 is 52.1. The molecule has 0 saturated carbocycles. The summed E-state index contributed by atoms with van der Waals surface area (Å²) in [5.74, 6) is -1.78. The van der Waals surface area contributed by atoms with E-state index in [1.807, 2.05) is 0 Å². The van der Waals surface area contributed by atoms with Crippen LogP contribution in [-0.2, 0) is 16.6 Å². The molecule has 0 aliphatic heterocycles. The predicted molar refractivity (Wildman–Crippen MR) is 69.2 cm³/mol. The zero-order chi connectivity index (χ0) is 14.8. The second-order valence-corrected chi connectivity index (χ2v) is 6.20. The van der Waals surface area contributed by atoms with E-state index in [0.717, 1.165) is 16.4 Å². The molecule has 0 amide bonds. The van der Waals surface area contributed by atoms with E-state index in [0.29, 0.717) is 11.6 Å². The third-order valence-electron chi connectivity index (χ3n) is 2.74. The summed E-state index contributed by atoms with van der Waals surface area (Å²) in [6.45, 7) is 0.0425. The van der Waals surface area contributed by atoms with Crippen LogP contribution < -0.4 is 0 Å². The first kappa shape index (κ1) is 14.5. The highest BCUT2D eigenvalue weighted by Crippen LogP contribution is 2.20. The van der Waals surface area contributed by atoms with E-state index < -0.39 is 26.6 Å². The molecule has 106 valence electrons. The highest BCUT2D eigenvalue weighted by atomic mass is 32.2. The van der Waals surface area contributed by atoms with Gasteiger partial charge in [0.05, 0.1) is 0 Å². The topological polar surface area (TPSA) is 50.3 Å². The van der Waals surface area contributed by atoms with Crippen molar-refractivity contribution in [1.29, 1.82) is 0 Å². The van der Waals surface area contributed by atoms with Gasteiger partial charge in [0.1, 0.15) is 16.5 Å². The molecule has 1 aromatic carbocycles. The molecule has 0 unspecified atom stereocenters. The molecule has 4 nitrogen and oxygen atoms in total. The Morgan fingerprint density at radius 2 is 1.80 bits per heavy atom. The number of benzene rings is 1. The van der Waals surface area contributed by atoms with Crippen molar-refractivity contribution in [3.63, 3.8) is 0 Å². The molecule has 2 rings (SSSR count). The first-order valence-electron chi connectivity index (χ1n) is 5.71. The Labute approximate surface area is 115 Å². The second-order valence-electron chi connectivity index (χ2n) is 4.19. The molecule has 0 bridgehead atoms. The van der Waals surface area contributed by atoms with Gasteiger partial charge in [0, 0.05) is 26.0 Å². The summed E-state index contributed by atoms with van der Waals surface area (Å²) in [4.78, 5) is 3.15. The van der Waals surface area contributed by atoms with Crippen LogP contribution in [0.4, 0.5) is 8.78 Å². The van der Waals surface area contributed by atoms with Crippen LogP contribution in [0.5, 0.6) is 0 Å². The Bertz CT molecular complexity index is 706. The molecule has 1 aromatic heterocycles. The Balaban J connectivity index is 2.32. The van der Waals surface area contributed by atoms with Gasteiger partial charge in [0.15, 0.2) is 0 Å². The van der Waals surface area contributed by atoms with Crippen LogP contribution in [0.15, 0.2) is 47.6 Å². The molecule has 20 heavy (non-hydrogen) atoms. The van der Waals surface area contributed by atoms with Gasteiger partial charge in [-0.05, 0) is 35.9 Å². The van der Waals surface area contributed by atoms with Crippen molar-refractivity contribution in [1.82, 2.24) is 9.29 Å². The van der Waals surface area contributed by atoms with E-state index in [9.17, 15) is 17.2 Å². The maximum Gasteiger partial charge on any atom is 0.246 e. The van der Waals surface area contributed by atoms with Crippen molar-refractivity contribution < 1.29 is 17.2 Å². The number of aromatic nitrogens is 1. The number of hydrogen-bond donors (Lipinski definition) is 0. The zero-order valence-corrected chi connectivity index (χ0v) is 11.4. The number of sulfonamides is 1. The molecule has 0 N–H and O–H groups in total. The average molecular weight is 298 g/mol. The monoisotopic (exact) mass is 298 g/mol. The van der Waals surface area contributed by atoms with E-state index >= 15 is 0 Å². The predicted octanol–water partition coefficient (Wildman–Crippen LogP) is 2.18. The normalized spacial score (nSPS) is 11.8. The van der Waals surface area contributed by atoms with Crippen LogP contribution in [-0.4, -0.2) is 24.8 Å². The fourth-order valence-corrected chi connectivity index (χ4v) is 2.90. The number of hydrogen-bond acceptors (Lipinski definition) is 3. The summed E-state index contributed by atoms with van der Waals surface area (Å²) in [7, 11) is -2.79. The van der Waals surface area contributed by atoms with Gasteiger partial charge in [0.25, 0.3) is 0 Å². The average Bonchev–Trinajstić information content (AvgIpc) is 2.42. The number of rotatable bonds is 4. The van der Waals surface area contributed by atoms with Crippen molar-refractivity contribution in [2.24, 2.45) is 0 Å². The van der Waals surface area contributed by atoms with Gasteiger partial charge in [-0.1, -0.05) is 0 Å². The third kappa shape index (κ3) is 3.00. The summed E-state index contributed by atoms with van der Waals surface area (Å²) >= 11 is 0. The van der Waals surface area contributed by atoms with Crippen molar-refractivity contribution in [2.45, 2.75) is 11.4 Å². The zero-order valence-electron chi connectivity index (χ0n) is 10.6. The quantitative estimate of drug-likeness (QED) is 0.869. The molecular weight excluding hydrogens is 286 g/mol. The fraction of sp³-hybridized carbons (Fsp3) is 0.154. The molecular formula is C13H12F2N2O2S. The second kappa shape index (κ2) is 5.64.